The van der Waals surface area contributed by atoms with Crippen LogP contribution in [-0.2, 0) is 4.79 Å². The summed E-state index contributed by atoms with van der Waals surface area (Å²) in [6.07, 6.45) is 0. The summed E-state index contributed by atoms with van der Waals surface area (Å²) in [5, 5.41) is 6.19. The average molecular weight is 346 g/mol. The Labute approximate surface area is 153 Å². The van der Waals surface area contributed by atoms with Crippen molar-refractivity contribution in [2.45, 2.75) is 13.8 Å². The molecular weight excluding hydrogens is 324 g/mol. The molecule has 0 atom stereocenters. The van der Waals surface area contributed by atoms with E-state index in [0.29, 0.717) is 5.75 Å². The van der Waals surface area contributed by atoms with Crippen molar-refractivity contribution in [2.24, 2.45) is 0 Å². The Morgan fingerprint density at radius 3 is 2.27 bits per heavy atom. The van der Waals surface area contributed by atoms with E-state index < -0.39 is 0 Å². The first-order chi connectivity index (χ1) is 12.6. The number of hydrogen-bond acceptors (Lipinski definition) is 3. The SMILES string of the molecule is Cc1cccc(NC(=O)COc2ccc(Nc3ccccc3)cc2)c1C. The fraction of sp³-hybridized carbons (Fsp3) is 0.136. The summed E-state index contributed by atoms with van der Waals surface area (Å²) in [5.74, 6) is 0.477. The molecule has 0 bridgehead atoms. The molecule has 2 N–H and O–H groups in total. The predicted octanol–water partition coefficient (Wildman–Crippen LogP) is 5.06. The number of ether oxygens (including phenoxy) is 1. The van der Waals surface area contributed by atoms with Crippen LogP contribution in [-0.4, -0.2) is 12.5 Å². The van der Waals surface area contributed by atoms with Crippen LogP contribution in [0.3, 0.4) is 0 Å². The number of benzene rings is 3. The zero-order valence-electron chi connectivity index (χ0n) is 15.0. The molecule has 0 aromatic heterocycles. The Bertz CT molecular complexity index is 874. The molecular formula is C22H22N2O2. The van der Waals surface area contributed by atoms with Crippen LogP contribution in [0.1, 0.15) is 11.1 Å². The Morgan fingerprint density at radius 2 is 1.54 bits per heavy atom. The molecule has 0 saturated carbocycles. The number of carbonyl (C=O) groups is 1. The molecule has 0 unspecified atom stereocenters. The van der Waals surface area contributed by atoms with Gasteiger partial charge in [-0.15, -0.1) is 0 Å². The van der Waals surface area contributed by atoms with E-state index in [2.05, 4.69) is 10.6 Å². The molecule has 0 aliphatic heterocycles. The van der Waals surface area contributed by atoms with Crippen molar-refractivity contribution in [3.8, 4) is 5.75 Å². The van der Waals surface area contributed by atoms with Crippen LogP contribution >= 0.6 is 0 Å². The first-order valence-electron chi connectivity index (χ1n) is 8.53. The molecule has 0 spiro atoms. The second-order valence-corrected chi connectivity index (χ2v) is 6.10. The third kappa shape index (κ3) is 4.63. The molecule has 0 fully saturated rings. The second-order valence-electron chi connectivity index (χ2n) is 6.10. The van der Waals surface area contributed by atoms with Gasteiger partial charge in [0.25, 0.3) is 5.91 Å². The lowest BCUT2D eigenvalue weighted by Gasteiger charge is -2.11. The summed E-state index contributed by atoms with van der Waals surface area (Å²) < 4.78 is 5.58. The smallest absolute Gasteiger partial charge is 0.262 e. The molecule has 0 saturated heterocycles. The zero-order valence-corrected chi connectivity index (χ0v) is 15.0. The molecule has 132 valence electrons. The van der Waals surface area contributed by atoms with Gasteiger partial charge >= 0.3 is 0 Å². The highest BCUT2D eigenvalue weighted by Crippen LogP contribution is 2.20. The fourth-order valence-corrected chi connectivity index (χ4v) is 2.54. The molecule has 4 nitrogen and oxygen atoms in total. The molecule has 3 aromatic rings. The van der Waals surface area contributed by atoms with E-state index in [9.17, 15) is 4.79 Å². The molecule has 3 rings (SSSR count). The first kappa shape index (κ1) is 17.5. The zero-order chi connectivity index (χ0) is 18.4. The monoisotopic (exact) mass is 346 g/mol. The van der Waals surface area contributed by atoms with Crippen molar-refractivity contribution in [1.29, 1.82) is 0 Å². The van der Waals surface area contributed by atoms with Crippen LogP contribution < -0.4 is 15.4 Å². The van der Waals surface area contributed by atoms with Gasteiger partial charge in [-0.2, -0.15) is 0 Å². The van der Waals surface area contributed by atoms with E-state index in [1.54, 1.807) is 0 Å². The first-order valence-corrected chi connectivity index (χ1v) is 8.53. The van der Waals surface area contributed by atoms with Gasteiger partial charge in [-0.3, -0.25) is 4.79 Å². The van der Waals surface area contributed by atoms with E-state index in [1.165, 1.54) is 0 Å². The van der Waals surface area contributed by atoms with Gasteiger partial charge in [-0.25, -0.2) is 0 Å². The van der Waals surface area contributed by atoms with Crippen LogP contribution in [0.5, 0.6) is 5.75 Å². The van der Waals surface area contributed by atoms with Crippen LogP contribution in [0.4, 0.5) is 17.1 Å². The van der Waals surface area contributed by atoms with Crippen molar-refractivity contribution >= 4 is 23.0 Å². The quantitative estimate of drug-likeness (QED) is 0.655. The van der Waals surface area contributed by atoms with Gasteiger partial charge in [0.15, 0.2) is 6.61 Å². The van der Waals surface area contributed by atoms with Crippen LogP contribution in [0, 0.1) is 13.8 Å². The van der Waals surface area contributed by atoms with Gasteiger partial charge < -0.3 is 15.4 Å². The number of amides is 1. The second kappa shape index (κ2) is 8.21. The number of nitrogens with one attached hydrogen (secondary N) is 2. The van der Waals surface area contributed by atoms with Gasteiger partial charge in [-0.05, 0) is 67.4 Å². The molecule has 26 heavy (non-hydrogen) atoms. The minimum Gasteiger partial charge on any atom is -0.484 e. The van der Waals surface area contributed by atoms with E-state index in [-0.39, 0.29) is 12.5 Å². The number of para-hydroxylation sites is 1. The topological polar surface area (TPSA) is 50.4 Å². The summed E-state index contributed by atoms with van der Waals surface area (Å²) in [4.78, 5) is 12.1. The fourth-order valence-electron chi connectivity index (χ4n) is 2.54. The molecule has 0 heterocycles. The van der Waals surface area contributed by atoms with E-state index >= 15 is 0 Å². The summed E-state index contributed by atoms with van der Waals surface area (Å²) in [5.41, 5.74) is 5.01. The van der Waals surface area contributed by atoms with Crippen LogP contribution in [0.15, 0.2) is 72.8 Å². The Kier molecular flexibility index (Phi) is 5.54. The lowest BCUT2D eigenvalue weighted by Crippen LogP contribution is -2.20. The lowest BCUT2D eigenvalue weighted by molar-refractivity contribution is -0.118. The maximum absolute atomic E-state index is 12.1. The molecule has 0 aliphatic rings. The molecule has 4 heteroatoms. The van der Waals surface area contributed by atoms with Crippen molar-refractivity contribution in [2.75, 3.05) is 17.2 Å². The predicted molar refractivity (Wildman–Crippen MR) is 106 cm³/mol. The van der Waals surface area contributed by atoms with Gasteiger partial charge in [0.05, 0.1) is 0 Å². The number of anilines is 3. The summed E-state index contributed by atoms with van der Waals surface area (Å²) in [7, 11) is 0. The van der Waals surface area contributed by atoms with Gasteiger partial charge in [-0.1, -0.05) is 30.3 Å². The number of hydrogen-bond donors (Lipinski definition) is 2. The number of rotatable bonds is 6. The summed E-state index contributed by atoms with van der Waals surface area (Å²) >= 11 is 0. The lowest BCUT2D eigenvalue weighted by atomic mass is 10.1. The molecule has 1 amide bonds. The van der Waals surface area contributed by atoms with Crippen LogP contribution in [0.25, 0.3) is 0 Å². The highest BCUT2D eigenvalue weighted by molar-refractivity contribution is 5.92. The Hall–Kier alpha value is -3.27. The standard InChI is InChI=1S/C22H22N2O2/c1-16-7-6-10-21(17(16)2)24-22(25)15-26-20-13-11-19(12-14-20)23-18-8-4-3-5-9-18/h3-14,23H,15H2,1-2H3,(H,24,25). The maximum Gasteiger partial charge on any atom is 0.262 e. The highest BCUT2D eigenvalue weighted by atomic mass is 16.5. The normalized spacial score (nSPS) is 10.2. The van der Waals surface area contributed by atoms with E-state index in [0.717, 1.165) is 28.2 Å². The van der Waals surface area contributed by atoms with Crippen molar-refractivity contribution in [3.05, 3.63) is 83.9 Å². The Balaban J connectivity index is 1.53. The highest BCUT2D eigenvalue weighted by Gasteiger charge is 2.07. The van der Waals surface area contributed by atoms with Gasteiger partial charge in [0, 0.05) is 17.1 Å². The van der Waals surface area contributed by atoms with Crippen molar-refractivity contribution in [3.63, 3.8) is 0 Å². The molecule has 3 aromatic carbocycles. The molecule has 0 aliphatic carbocycles. The largest absolute Gasteiger partial charge is 0.484 e. The minimum atomic E-state index is -0.176. The third-order valence-electron chi connectivity index (χ3n) is 4.17. The van der Waals surface area contributed by atoms with Gasteiger partial charge in [0.2, 0.25) is 0 Å². The molecule has 0 radical (unpaired) electrons. The average Bonchev–Trinajstić information content (AvgIpc) is 2.66. The number of carbonyl (C=O) groups excluding carboxylic acids is 1. The maximum atomic E-state index is 12.1. The summed E-state index contributed by atoms with van der Waals surface area (Å²) in [6, 6.07) is 23.3. The van der Waals surface area contributed by atoms with E-state index in [1.807, 2.05) is 86.6 Å². The van der Waals surface area contributed by atoms with Crippen molar-refractivity contribution < 1.29 is 9.53 Å². The van der Waals surface area contributed by atoms with Crippen LogP contribution in [0.2, 0.25) is 0 Å². The number of aryl methyl sites for hydroxylation is 1. The minimum absolute atomic E-state index is 0.0289. The third-order valence-corrected chi connectivity index (χ3v) is 4.17. The summed E-state index contributed by atoms with van der Waals surface area (Å²) in [6.45, 7) is 3.98. The van der Waals surface area contributed by atoms with E-state index in [4.69, 9.17) is 4.74 Å². The van der Waals surface area contributed by atoms with Gasteiger partial charge in [0.1, 0.15) is 5.75 Å². The van der Waals surface area contributed by atoms with Crippen molar-refractivity contribution in [1.82, 2.24) is 0 Å². The Morgan fingerprint density at radius 1 is 0.846 bits per heavy atom.